The van der Waals surface area contributed by atoms with E-state index in [0.29, 0.717) is 22.1 Å². The Morgan fingerprint density at radius 1 is 1.36 bits per heavy atom. The van der Waals surface area contributed by atoms with Crippen molar-refractivity contribution in [2.75, 3.05) is 0 Å². The van der Waals surface area contributed by atoms with Gasteiger partial charge in [-0.1, -0.05) is 18.2 Å². The number of rotatable bonds is 3. The molecule has 1 amide bonds. The van der Waals surface area contributed by atoms with Crippen molar-refractivity contribution in [1.82, 2.24) is 9.55 Å². The van der Waals surface area contributed by atoms with Crippen LogP contribution in [0.4, 0.5) is 0 Å². The molecule has 112 valence electrons. The maximum atomic E-state index is 12.1. The molecule has 2 aromatic heterocycles. The molecule has 0 spiro atoms. The van der Waals surface area contributed by atoms with Gasteiger partial charge in [-0.2, -0.15) is 4.99 Å². The van der Waals surface area contributed by atoms with Crippen LogP contribution in [0.2, 0.25) is 0 Å². The van der Waals surface area contributed by atoms with Crippen molar-refractivity contribution in [2.24, 2.45) is 12.0 Å². The number of carbonyl (C=O) groups is 1. The van der Waals surface area contributed by atoms with E-state index in [2.05, 4.69) is 9.98 Å². The summed E-state index contributed by atoms with van der Waals surface area (Å²) in [5.74, 6) is 0.953. The monoisotopic (exact) mass is 313 g/mol. The third-order valence-electron chi connectivity index (χ3n) is 3.21. The molecule has 0 radical (unpaired) electrons. The van der Waals surface area contributed by atoms with E-state index in [9.17, 15) is 4.79 Å². The van der Waals surface area contributed by atoms with Crippen molar-refractivity contribution in [3.05, 3.63) is 58.2 Å². The minimum absolute atomic E-state index is 0.139. The van der Waals surface area contributed by atoms with Crippen LogP contribution in [-0.4, -0.2) is 15.5 Å². The first kappa shape index (κ1) is 14.5. The molecule has 0 fully saturated rings. The maximum absolute atomic E-state index is 12.1. The van der Waals surface area contributed by atoms with E-state index in [1.165, 1.54) is 11.3 Å². The molecule has 0 aliphatic heterocycles. The van der Waals surface area contributed by atoms with Gasteiger partial charge in [0.05, 0.1) is 12.1 Å². The van der Waals surface area contributed by atoms with Crippen LogP contribution in [0.5, 0.6) is 0 Å². The summed E-state index contributed by atoms with van der Waals surface area (Å²) in [6, 6.07) is 9.63. The third-order valence-corrected chi connectivity index (χ3v) is 4.06. The largest absolute Gasteiger partial charge is 0.441 e. The number of hydrogen-bond acceptors (Lipinski definition) is 4. The molecule has 0 unspecified atom stereocenters. The van der Waals surface area contributed by atoms with Crippen LogP contribution in [0.3, 0.4) is 0 Å². The number of benzene rings is 1. The summed E-state index contributed by atoms with van der Waals surface area (Å²) in [4.78, 5) is 21.3. The molecule has 3 aromatic rings. The van der Waals surface area contributed by atoms with E-state index < -0.39 is 0 Å². The van der Waals surface area contributed by atoms with Crippen molar-refractivity contribution in [3.8, 4) is 11.5 Å². The Hall–Kier alpha value is -2.47. The Labute approximate surface area is 131 Å². The molecule has 0 bridgehead atoms. The zero-order valence-corrected chi connectivity index (χ0v) is 13.1. The molecule has 1 aromatic carbocycles. The molecule has 22 heavy (non-hydrogen) atoms. The Bertz CT molecular complexity index is 859. The van der Waals surface area contributed by atoms with Crippen molar-refractivity contribution in [3.63, 3.8) is 0 Å². The molecule has 0 saturated heterocycles. The SMILES string of the molecule is Cc1oc(-c2ccccc2)nc1CC(=O)N=c1sccn1C. The van der Waals surface area contributed by atoms with Gasteiger partial charge in [0, 0.05) is 24.2 Å². The van der Waals surface area contributed by atoms with Crippen LogP contribution < -0.4 is 4.80 Å². The Morgan fingerprint density at radius 3 is 2.82 bits per heavy atom. The van der Waals surface area contributed by atoms with E-state index in [-0.39, 0.29) is 12.3 Å². The minimum Gasteiger partial charge on any atom is -0.441 e. The highest BCUT2D eigenvalue weighted by Gasteiger charge is 2.14. The average molecular weight is 313 g/mol. The summed E-state index contributed by atoms with van der Waals surface area (Å²) < 4.78 is 7.47. The van der Waals surface area contributed by atoms with Gasteiger partial charge >= 0.3 is 0 Å². The first-order chi connectivity index (χ1) is 10.6. The summed E-state index contributed by atoms with van der Waals surface area (Å²) in [6.45, 7) is 1.81. The fourth-order valence-corrected chi connectivity index (χ4v) is 2.77. The molecule has 0 aliphatic carbocycles. The zero-order chi connectivity index (χ0) is 15.5. The van der Waals surface area contributed by atoms with E-state index in [1.54, 1.807) is 0 Å². The van der Waals surface area contributed by atoms with Gasteiger partial charge < -0.3 is 8.98 Å². The number of nitrogens with zero attached hydrogens (tertiary/aromatic N) is 3. The highest BCUT2D eigenvalue weighted by atomic mass is 32.1. The Morgan fingerprint density at radius 2 is 2.14 bits per heavy atom. The first-order valence-corrected chi connectivity index (χ1v) is 7.71. The van der Waals surface area contributed by atoms with Crippen molar-refractivity contribution in [1.29, 1.82) is 0 Å². The summed E-state index contributed by atoms with van der Waals surface area (Å²) in [7, 11) is 1.86. The Kier molecular flexibility index (Phi) is 4.02. The molecular weight excluding hydrogens is 298 g/mol. The predicted molar refractivity (Wildman–Crippen MR) is 84.2 cm³/mol. The fraction of sp³-hybridized carbons (Fsp3) is 0.188. The van der Waals surface area contributed by atoms with E-state index in [4.69, 9.17) is 4.42 Å². The van der Waals surface area contributed by atoms with Gasteiger partial charge in [-0.25, -0.2) is 4.98 Å². The topological polar surface area (TPSA) is 60.4 Å². The molecule has 0 atom stereocenters. The lowest BCUT2D eigenvalue weighted by molar-refractivity contribution is -0.117. The standard InChI is InChI=1S/C16H15N3O2S/c1-11-13(10-14(20)18-16-19(2)8-9-22-16)17-15(21-11)12-6-4-3-5-7-12/h3-9H,10H2,1-2H3. The number of amides is 1. The minimum atomic E-state index is -0.228. The highest BCUT2D eigenvalue weighted by molar-refractivity contribution is 7.07. The van der Waals surface area contributed by atoms with Gasteiger partial charge in [-0.3, -0.25) is 4.79 Å². The van der Waals surface area contributed by atoms with Gasteiger partial charge in [-0.05, 0) is 19.1 Å². The van der Waals surface area contributed by atoms with Gasteiger partial charge in [0.25, 0.3) is 5.91 Å². The average Bonchev–Trinajstić information content (AvgIpc) is 3.07. The number of thiazole rings is 1. The van der Waals surface area contributed by atoms with Crippen LogP contribution in [0.15, 0.2) is 51.3 Å². The van der Waals surface area contributed by atoms with Gasteiger partial charge in [-0.15, -0.1) is 11.3 Å². The second-order valence-electron chi connectivity index (χ2n) is 4.87. The van der Waals surface area contributed by atoms with Crippen LogP contribution in [0.1, 0.15) is 11.5 Å². The lowest BCUT2D eigenvalue weighted by Gasteiger charge is -1.93. The van der Waals surface area contributed by atoms with Gasteiger partial charge in [0.1, 0.15) is 5.76 Å². The molecule has 2 heterocycles. The van der Waals surface area contributed by atoms with Crippen LogP contribution >= 0.6 is 11.3 Å². The first-order valence-electron chi connectivity index (χ1n) is 6.83. The van der Waals surface area contributed by atoms with Crippen molar-refractivity contribution < 1.29 is 9.21 Å². The lowest BCUT2D eigenvalue weighted by Crippen LogP contribution is -2.13. The molecule has 0 saturated carbocycles. The lowest BCUT2D eigenvalue weighted by atomic mass is 10.2. The van der Waals surface area contributed by atoms with E-state index >= 15 is 0 Å². The predicted octanol–water partition coefficient (Wildman–Crippen LogP) is 2.72. The quantitative estimate of drug-likeness (QED) is 0.747. The summed E-state index contributed by atoms with van der Waals surface area (Å²) in [6.07, 6.45) is 2.01. The molecule has 6 heteroatoms. The Balaban J connectivity index is 1.83. The second kappa shape index (κ2) is 6.11. The molecule has 3 rings (SSSR count). The number of aromatic nitrogens is 2. The molecular formula is C16H15N3O2S. The molecule has 0 aliphatic rings. The number of oxazole rings is 1. The summed E-state index contributed by atoms with van der Waals surface area (Å²) in [5, 5.41) is 1.89. The summed E-state index contributed by atoms with van der Waals surface area (Å²) in [5.41, 5.74) is 1.53. The number of aryl methyl sites for hydroxylation is 2. The maximum Gasteiger partial charge on any atom is 0.254 e. The molecule has 5 nitrogen and oxygen atoms in total. The summed E-state index contributed by atoms with van der Waals surface area (Å²) >= 11 is 1.43. The third kappa shape index (κ3) is 3.07. The van der Waals surface area contributed by atoms with Crippen LogP contribution in [-0.2, 0) is 18.3 Å². The van der Waals surface area contributed by atoms with Crippen LogP contribution in [0.25, 0.3) is 11.5 Å². The fourth-order valence-electron chi connectivity index (χ4n) is 2.02. The molecule has 0 N–H and O–H groups in total. The second-order valence-corrected chi connectivity index (χ2v) is 5.74. The highest BCUT2D eigenvalue weighted by Crippen LogP contribution is 2.21. The van der Waals surface area contributed by atoms with Crippen LogP contribution in [0, 0.1) is 6.92 Å². The van der Waals surface area contributed by atoms with Crippen molar-refractivity contribution in [2.45, 2.75) is 13.3 Å². The zero-order valence-electron chi connectivity index (χ0n) is 12.3. The number of hydrogen-bond donors (Lipinski definition) is 0. The normalized spacial score (nSPS) is 11.8. The van der Waals surface area contributed by atoms with Crippen molar-refractivity contribution >= 4 is 17.2 Å². The van der Waals surface area contributed by atoms with E-state index in [0.717, 1.165) is 5.56 Å². The smallest absolute Gasteiger partial charge is 0.254 e. The number of carbonyl (C=O) groups excluding carboxylic acids is 1. The van der Waals surface area contributed by atoms with Gasteiger partial charge in [0.15, 0.2) is 4.80 Å². The van der Waals surface area contributed by atoms with E-state index in [1.807, 2.05) is 60.4 Å². The van der Waals surface area contributed by atoms with Gasteiger partial charge in [0.2, 0.25) is 5.89 Å².